The van der Waals surface area contributed by atoms with Gasteiger partial charge < -0.3 is 15.2 Å². The number of nitrogens with one attached hydrogen (secondary N) is 2. The van der Waals surface area contributed by atoms with Crippen molar-refractivity contribution in [3.63, 3.8) is 0 Å². The van der Waals surface area contributed by atoms with Crippen molar-refractivity contribution in [3.8, 4) is 0 Å². The number of anilines is 1. The molecule has 1 aromatic heterocycles. The molecule has 5 heteroatoms. The molecule has 4 rings (SSSR count). The molecule has 0 saturated heterocycles. The Labute approximate surface area is 161 Å². The summed E-state index contributed by atoms with van der Waals surface area (Å²) in [6, 6.07) is 14.1. The Kier molecular flexibility index (Phi) is 4.59. The van der Waals surface area contributed by atoms with Crippen LogP contribution in [0.4, 0.5) is 5.69 Å². The summed E-state index contributed by atoms with van der Waals surface area (Å²) < 4.78 is 0.963. The van der Waals surface area contributed by atoms with Crippen LogP contribution in [0.5, 0.6) is 0 Å². The molecule has 0 spiro atoms. The number of carbonyl (C=O) groups excluding carboxylic acids is 1. The van der Waals surface area contributed by atoms with E-state index in [1.54, 1.807) is 0 Å². The molecular weight excluding hydrogens is 390 g/mol. The van der Waals surface area contributed by atoms with E-state index < -0.39 is 0 Å². The predicted molar refractivity (Wildman–Crippen MR) is 110 cm³/mol. The van der Waals surface area contributed by atoms with Gasteiger partial charge in [-0.3, -0.25) is 4.79 Å². The number of hydrogen-bond donors (Lipinski definition) is 2. The number of halogens is 1. The third kappa shape index (κ3) is 3.29. The van der Waals surface area contributed by atoms with Gasteiger partial charge in [0.05, 0.1) is 0 Å². The van der Waals surface area contributed by atoms with E-state index in [0.717, 1.165) is 28.5 Å². The van der Waals surface area contributed by atoms with Crippen molar-refractivity contribution in [1.29, 1.82) is 0 Å². The number of aromatic amines is 1. The number of nitrogens with zero attached hydrogens (tertiary/aromatic N) is 1. The molecule has 1 aliphatic rings. The van der Waals surface area contributed by atoms with Crippen LogP contribution in [0, 0.1) is 0 Å². The molecule has 1 heterocycles. The number of likely N-dealkylation sites (N-methyl/N-ethyl adjacent to an activating group) is 1. The van der Waals surface area contributed by atoms with Crippen LogP contribution in [0.3, 0.4) is 0 Å². The van der Waals surface area contributed by atoms with Crippen molar-refractivity contribution >= 4 is 38.4 Å². The molecule has 4 nitrogen and oxygen atoms in total. The van der Waals surface area contributed by atoms with E-state index in [2.05, 4.69) is 57.4 Å². The lowest BCUT2D eigenvalue weighted by atomic mass is 9.91. The zero-order valence-corrected chi connectivity index (χ0v) is 16.6. The van der Waals surface area contributed by atoms with Crippen molar-refractivity contribution in [2.45, 2.75) is 25.3 Å². The van der Waals surface area contributed by atoms with E-state index in [1.807, 2.05) is 30.3 Å². The number of aryl methyl sites for hydroxylation is 1. The van der Waals surface area contributed by atoms with Gasteiger partial charge in [0.15, 0.2) is 0 Å². The summed E-state index contributed by atoms with van der Waals surface area (Å²) in [6.45, 7) is 0. The van der Waals surface area contributed by atoms with Crippen LogP contribution in [0.1, 0.15) is 28.0 Å². The van der Waals surface area contributed by atoms with Crippen LogP contribution in [0.2, 0.25) is 0 Å². The Bertz CT molecular complexity index is 959. The first-order valence-electron chi connectivity index (χ1n) is 8.88. The summed E-state index contributed by atoms with van der Waals surface area (Å²) in [7, 11) is 4.29. The van der Waals surface area contributed by atoms with Crippen LogP contribution < -0.4 is 5.32 Å². The van der Waals surface area contributed by atoms with Gasteiger partial charge in [0.1, 0.15) is 0 Å². The number of aromatic nitrogens is 1. The van der Waals surface area contributed by atoms with E-state index in [-0.39, 0.29) is 5.91 Å². The van der Waals surface area contributed by atoms with Gasteiger partial charge in [0.25, 0.3) is 5.91 Å². The molecule has 26 heavy (non-hydrogen) atoms. The van der Waals surface area contributed by atoms with Crippen LogP contribution in [0.15, 0.2) is 46.9 Å². The van der Waals surface area contributed by atoms with E-state index in [9.17, 15) is 4.79 Å². The molecule has 2 aromatic carbocycles. The van der Waals surface area contributed by atoms with Crippen molar-refractivity contribution in [3.05, 3.63) is 63.8 Å². The number of amides is 1. The van der Waals surface area contributed by atoms with Crippen molar-refractivity contribution in [1.82, 2.24) is 9.88 Å². The first kappa shape index (κ1) is 17.3. The standard InChI is InChI=1S/C21H22BrN3O/c1-25(2)16-8-10-20-18(12-16)17-11-15(7-9-19(17)24-20)23-21(26)13-3-5-14(22)6-4-13/h3-7,9,11,16,24H,8,10,12H2,1-2H3,(H,23,26). The molecule has 1 aliphatic carbocycles. The molecule has 1 atom stereocenters. The summed E-state index contributed by atoms with van der Waals surface area (Å²) in [5.74, 6) is -0.0904. The van der Waals surface area contributed by atoms with Gasteiger partial charge in [-0.25, -0.2) is 0 Å². The molecule has 0 bridgehead atoms. The van der Waals surface area contributed by atoms with Gasteiger partial charge in [-0.2, -0.15) is 0 Å². The minimum absolute atomic E-state index is 0.0904. The highest BCUT2D eigenvalue weighted by Gasteiger charge is 2.23. The highest BCUT2D eigenvalue weighted by molar-refractivity contribution is 9.10. The molecule has 1 amide bonds. The summed E-state index contributed by atoms with van der Waals surface area (Å²) >= 11 is 3.40. The Balaban J connectivity index is 1.62. The van der Waals surface area contributed by atoms with E-state index >= 15 is 0 Å². The molecule has 0 radical (unpaired) electrons. The van der Waals surface area contributed by atoms with Crippen molar-refractivity contribution in [2.24, 2.45) is 0 Å². The summed E-state index contributed by atoms with van der Waals surface area (Å²) in [5, 5.41) is 4.24. The third-order valence-electron chi connectivity index (χ3n) is 5.26. The quantitative estimate of drug-likeness (QED) is 0.661. The second-order valence-corrected chi connectivity index (χ2v) is 8.08. The fraction of sp³-hybridized carbons (Fsp3) is 0.286. The van der Waals surface area contributed by atoms with Gasteiger partial charge in [-0.05, 0) is 81.4 Å². The van der Waals surface area contributed by atoms with Gasteiger partial charge in [-0.15, -0.1) is 0 Å². The SMILES string of the molecule is CN(C)C1CCc2[nH]c3ccc(NC(=O)c4ccc(Br)cc4)cc3c2C1. The van der Waals surface area contributed by atoms with Crippen molar-refractivity contribution in [2.75, 3.05) is 19.4 Å². The molecule has 1 unspecified atom stereocenters. The third-order valence-corrected chi connectivity index (χ3v) is 5.79. The lowest BCUT2D eigenvalue weighted by Gasteiger charge is -2.28. The maximum absolute atomic E-state index is 12.5. The number of rotatable bonds is 3. The average molecular weight is 412 g/mol. The number of hydrogen-bond acceptors (Lipinski definition) is 2. The fourth-order valence-electron chi connectivity index (χ4n) is 3.72. The van der Waals surface area contributed by atoms with Gasteiger partial charge in [-0.1, -0.05) is 15.9 Å². The van der Waals surface area contributed by atoms with Crippen LogP contribution in [-0.2, 0) is 12.8 Å². The lowest BCUT2D eigenvalue weighted by molar-refractivity contribution is 0.102. The Morgan fingerprint density at radius 1 is 1.19 bits per heavy atom. The minimum atomic E-state index is -0.0904. The Hall–Kier alpha value is -2.11. The van der Waals surface area contributed by atoms with Gasteiger partial charge >= 0.3 is 0 Å². The molecule has 0 saturated carbocycles. The predicted octanol–water partition coefficient (Wildman–Crippen LogP) is 4.60. The first-order valence-corrected chi connectivity index (χ1v) is 9.67. The zero-order chi connectivity index (χ0) is 18.3. The van der Waals surface area contributed by atoms with E-state index in [1.165, 1.54) is 23.1 Å². The van der Waals surface area contributed by atoms with E-state index in [0.29, 0.717) is 11.6 Å². The molecule has 3 aromatic rings. The molecule has 0 aliphatic heterocycles. The Morgan fingerprint density at radius 3 is 2.69 bits per heavy atom. The van der Waals surface area contributed by atoms with E-state index in [4.69, 9.17) is 0 Å². The Morgan fingerprint density at radius 2 is 1.96 bits per heavy atom. The number of benzene rings is 2. The second-order valence-electron chi connectivity index (χ2n) is 7.16. The second kappa shape index (κ2) is 6.89. The van der Waals surface area contributed by atoms with Crippen LogP contribution >= 0.6 is 15.9 Å². The maximum Gasteiger partial charge on any atom is 0.255 e. The normalized spacial score (nSPS) is 16.7. The fourth-order valence-corrected chi connectivity index (χ4v) is 3.99. The number of fused-ring (bicyclic) bond motifs is 3. The molecule has 2 N–H and O–H groups in total. The summed E-state index contributed by atoms with van der Waals surface area (Å²) in [5.41, 5.74) is 5.37. The lowest BCUT2D eigenvalue weighted by Crippen LogP contribution is -2.33. The zero-order valence-electron chi connectivity index (χ0n) is 15.0. The van der Waals surface area contributed by atoms with Crippen LogP contribution in [-0.4, -0.2) is 35.9 Å². The number of carbonyl (C=O) groups is 1. The highest BCUT2D eigenvalue weighted by Crippen LogP contribution is 2.32. The summed E-state index contributed by atoms with van der Waals surface area (Å²) in [4.78, 5) is 18.4. The smallest absolute Gasteiger partial charge is 0.255 e. The monoisotopic (exact) mass is 411 g/mol. The minimum Gasteiger partial charge on any atom is -0.358 e. The maximum atomic E-state index is 12.5. The van der Waals surface area contributed by atoms with Crippen LogP contribution in [0.25, 0.3) is 10.9 Å². The van der Waals surface area contributed by atoms with Gasteiger partial charge in [0.2, 0.25) is 0 Å². The number of H-pyrrole nitrogens is 1. The average Bonchev–Trinajstić information content (AvgIpc) is 2.99. The molecule has 134 valence electrons. The topological polar surface area (TPSA) is 48.1 Å². The first-order chi connectivity index (χ1) is 12.5. The summed E-state index contributed by atoms with van der Waals surface area (Å²) in [6.07, 6.45) is 3.31. The van der Waals surface area contributed by atoms with Gasteiger partial charge in [0, 0.05) is 38.4 Å². The highest BCUT2D eigenvalue weighted by atomic mass is 79.9. The van der Waals surface area contributed by atoms with Crippen molar-refractivity contribution < 1.29 is 4.79 Å². The molecular formula is C21H22BrN3O. The molecule has 0 fully saturated rings. The largest absolute Gasteiger partial charge is 0.358 e.